The van der Waals surface area contributed by atoms with Crippen molar-refractivity contribution in [3.05, 3.63) is 23.8 Å². The van der Waals surface area contributed by atoms with E-state index in [1.807, 2.05) is 25.1 Å². The van der Waals surface area contributed by atoms with Crippen LogP contribution < -0.4 is 14.8 Å². The van der Waals surface area contributed by atoms with E-state index >= 15 is 0 Å². The fraction of sp³-hybridized carbons (Fsp3) is 0.600. The van der Waals surface area contributed by atoms with Crippen molar-refractivity contribution in [1.29, 1.82) is 0 Å². The molecule has 1 aromatic rings. The van der Waals surface area contributed by atoms with Crippen molar-refractivity contribution >= 4 is 11.8 Å². The lowest BCUT2D eigenvalue weighted by Gasteiger charge is -2.41. The minimum atomic E-state index is -0.317. The van der Waals surface area contributed by atoms with Crippen LogP contribution in [0, 0.1) is 5.92 Å². The first-order valence-corrected chi connectivity index (χ1v) is 9.40. The van der Waals surface area contributed by atoms with Gasteiger partial charge in [0.25, 0.3) is 0 Å². The van der Waals surface area contributed by atoms with Gasteiger partial charge in [-0.3, -0.25) is 9.59 Å². The molecule has 0 unspecified atom stereocenters. The van der Waals surface area contributed by atoms with Crippen molar-refractivity contribution < 1.29 is 19.1 Å². The van der Waals surface area contributed by atoms with E-state index in [9.17, 15) is 9.59 Å². The minimum absolute atomic E-state index is 0.0449. The molecular formula is C20H28N2O4. The molecule has 1 saturated carbocycles. The summed E-state index contributed by atoms with van der Waals surface area (Å²) in [6.45, 7) is 2.51. The molecule has 2 fully saturated rings. The van der Waals surface area contributed by atoms with Crippen LogP contribution >= 0.6 is 0 Å². The lowest BCUT2D eigenvalue weighted by Crippen LogP contribution is -2.50. The van der Waals surface area contributed by atoms with E-state index in [0.29, 0.717) is 30.9 Å². The maximum absolute atomic E-state index is 13.0. The molecule has 26 heavy (non-hydrogen) atoms. The molecule has 1 aliphatic heterocycles. The molecule has 2 atom stereocenters. The number of carbonyl (C=O) groups is 2. The molecule has 1 saturated heterocycles. The number of nitrogens with zero attached hydrogens (tertiary/aromatic N) is 1. The Hall–Kier alpha value is -2.24. The molecule has 1 aliphatic carbocycles. The Bertz CT molecular complexity index is 672. The van der Waals surface area contributed by atoms with Crippen molar-refractivity contribution in [3.63, 3.8) is 0 Å². The molecule has 6 heteroatoms. The first-order valence-electron chi connectivity index (χ1n) is 9.40. The molecule has 6 nitrogen and oxygen atoms in total. The quantitative estimate of drug-likeness (QED) is 0.847. The highest BCUT2D eigenvalue weighted by Crippen LogP contribution is 2.42. The van der Waals surface area contributed by atoms with Gasteiger partial charge in [-0.2, -0.15) is 0 Å². The standard InChI is InChI=1S/C20H28N2O4/c1-4-22-18(23)11-10-16(20(24)21-13-6-5-7-13)19(22)15-9-8-14(25-2)12-17(15)26-3/h8-9,12-13,16,19H,4-7,10-11H2,1-3H3,(H,21,24)/t16-,19+/m1/s1. The summed E-state index contributed by atoms with van der Waals surface area (Å²) in [5.41, 5.74) is 0.858. The summed E-state index contributed by atoms with van der Waals surface area (Å²) in [5, 5.41) is 3.16. The fourth-order valence-corrected chi connectivity index (χ4v) is 3.91. The predicted octanol–water partition coefficient (Wildman–Crippen LogP) is 2.67. The Morgan fingerprint density at radius 2 is 2.00 bits per heavy atom. The summed E-state index contributed by atoms with van der Waals surface area (Å²) in [6, 6.07) is 5.54. The van der Waals surface area contributed by atoms with Gasteiger partial charge in [-0.25, -0.2) is 0 Å². The monoisotopic (exact) mass is 360 g/mol. The number of benzene rings is 1. The normalized spacial score (nSPS) is 23.3. The zero-order chi connectivity index (χ0) is 18.7. The van der Waals surface area contributed by atoms with Crippen molar-refractivity contribution in [3.8, 4) is 11.5 Å². The molecule has 0 bridgehead atoms. The van der Waals surface area contributed by atoms with Crippen LogP contribution in [-0.4, -0.2) is 43.5 Å². The van der Waals surface area contributed by atoms with E-state index in [1.165, 1.54) is 6.42 Å². The second-order valence-electron chi connectivity index (χ2n) is 7.01. The number of ether oxygens (including phenoxy) is 2. The van der Waals surface area contributed by atoms with Crippen LogP contribution in [0.3, 0.4) is 0 Å². The van der Waals surface area contributed by atoms with Gasteiger partial charge in [0, 0.05) is 30.6 Å². The predicted molar refractivity (Wildman–Crippen MR) is 98.2 cm³/mol. The van der Waals surface area contributed by atoms with Gasteiger partial charge in [-0.1, -0.05) is 0 Å². The van der Waals surface area contributed by atoms with E-state index < -0.39 is 0 Å². The molecule has 2 aliphatic rings. The highest BCUT2D eigenvalue weighted by Gasteiger charge is 2.42. The number of carbonyl (C=O) groups excluding carboxylic acids is 2. The summed E-state index contributed by atoms with van der Waals surface area (Å²) in [5.74, 6) is 1.19. The zero-order valence-electron chi connectivity index (χ0n) is 15.8. The number of amides is 2. The third-order valence-electron chi connectivity index (χ3n) is 5.59. The smallest absolute Gasteiger partial charge is 0.225 e. The molecule has 1 aromatic carbocycles. The summed E-state index contributed by atoms with van der Waals surface area (Å²) in [4.78, 5) is 27.3. The third-order valence-corrected chi connectivity index (χ3v) is 5.59. The summed E-state index contributed by atoms with van der Waals surface area (Å²) < 4.78 is 10.8. The molecule has 0 spiro atoms. The molecular weight excluding hydrogens is 332 g/mol. The van der Waals surface area contributed by atoms with Gasteiger partial charge in [0.05, 0.1) is 26.2 Å². The van der Waals surface area contributed by atoms with Crippen LogP contribution in [-0.2, 0) is 9.59 Å². The third kappa shape index (κ3) is 3.50. The van der Waals surface area contributed by atoms with Crippen LogP contribution in [0.5, 0.6) is 11.5 Å². The summed E-state index contributed by atoms with van der Waals surface area (Å²) in [6.07, 6.45) is 4.24. The summed E-state index contributed by atoms with van der Waals surface area (Å²) in [7, 11) is 3.20. The number of nitrogens with one attached hydrogen (secondary N) is 1. The Morgan fingerprint density at radius 3 is 2.58 bits per heavy atom. The second kappa shape index (κ2) is 7.98. The molecule has 0 radical (unpaired) electrons. The van der Waals surface area contributed by atoms with Crippen molar-refractivity contribution in [2.75, 3.05) is 20.8 Å². The van der Waals surface area contributed by atoms with Gasteiger partial charge in [-0.05, 0) is 44.7 Å². The largest absolute Gasteiger partial charge is 0.497 e. The van der Waals surface area contributed by atoms with E-state index in [4.69, 9.17) is 9.47 Å². The lowest BCUT2D eigenvalue weighted by molar-refractivity contribution is -0.143. The average molecular weight is 360 g/mol. The SMILES string of the molecule is CCN1C(=O)CC[C@@H](C(=O)NC2CCC2)[C@@H]1c1ccc(OC)cc1OC. The summed E-state index contributed by atoms with van der Waals surface area (Å²) >= 11 is 0. The first-order chi connectivity index (χ1) is 12.6. The Labute approximate surface area is 154 Å². The highest BCUT2D eigenvalue weighted by atomic mass is 16.5. The number of piperidine rings is 1. The van der Waals surface area contributed by atoms with E-state index in [2.05, 4.69) is 5.32 Å². The maximum Gasteiger partial charge on any atom is 0.225 e. The number of hydrogen-bond donors (Lipinski definition) is 1. The van der Waals surface area contributed by atoms with Gasteiger partial charge >= 0.3 is 0 Å². The molecule has 0 aromatic heterocycles. The van der Waals surface area contributed by atoms with Crippen LogP contribution in [0.4, 0.5) is 0 Å². The maximum atomic E-state index is 13.0. The Morgan fingerprint density at radius 1 is 1.23 bits per heavy atom. The Balaban J connectivity index is 1.95. The van der Waals surface area contributed by atoms with Gasteiger partial charge in [0.1, 0.15) is 11.5 Å². The number of methoxy groups -OCH3 is 2. The van der Waals surface area contributed by atoms with Crippen LogP contribution in [0.15, 0.2) is 18.2 Å². The number of rotatable bonds is 6. The number of likely N-dealkylation sites (tertiary alicyclic amines) is 1. The Kier molecular flexibility index (Phi) is 5.69. The fourth-order valence-electron chi connectivity index (χ4n) is 3.91. The topological polar surface area (TPSA) is 67.9 Å². The molecule has 3 rings (SSSR count). The second-order valence-corrected chi connectivity index (χ2v) is 7.01. The number of hydrogen-bond acceptors (Lipinski definition) is 4. The highest BCUT2D eigenvalue weighted by molar-refractivity contribution is 5.85. The van der Waals surface area contributed by atoms with E-state index in [1.54, 1.807) is 19.1 Å². The van der Waals surface area contributed by atoms with Crippen molar-refractivity contribution in [2.24, 2.45) is 5.92 Å². The molecule has 1 N–H and O–H groups in total. The van der Waals surface area contributed by atoms with Gasteiger partial charge in [0.2, 0.25) is 11.8 Å². The molecule has 142 valence electrons. The zero-order valence-corrected chi connectivity index (χ0v) is 15.8. The van der Waals surface area contributed by atoms with Crippen molar-refractivity contribution in [2.45, 2.75) is 51.1 Å². The first kappa shape index (κ1) is 18.5. The van der Waals surface area contributed by atoms with Gasteiger partial charge < -0.3 is 19.7 Å². The molecule has 1 heterocycles. The van der Waals surface area contributed by atoms with E-state index in [0.717, 1.165) is 18.4 Å². The van der Waals surface area contributed by atoms with Crippen LogP contribution in [0.1, 0.15) is 50.6 Å². The van der Waals surface area contributed by atoms with Crippen molar-refractivity contribution in [1.82, 2.24) is 10.2 Å². The lowest BCUT2D eigenvalue weighted by atomic mass is 9.82. The average Bonchev–Trinajstić information content (AvgIpc) is 2.63. The van der Waals surface area contributed by atoms with Crippen LogP contribution in [0.2, 0.25) is 0 Å². The molecule has 2 amide bonds. The van der Waals surface area contributed by atoms with E-state index in [-0.39, 0.29) is 29.8 Å². The van der Waals surface area contributed by atoms with Crippen LogP contribution in [0.25, 0.3) is 0 Å². The minimum Gasteiger partial charge on any atom is -0.497 e. The van der Waals surface area contributed by atoms with Gasteiger partial charge in [0.15, 0.2) is 0 Å². The van der Waals surface area contributed by atoms with Gasteiger partial charge in [-0.15, -0.1) is 0 Å².